The van der Waals surface area contributed by atoms with Crippen LogP contribution in [0.2, 0.25) is 5.02 Å². The number of likely N-dealkylation sites (tertiary alicyclic amines) is 1. The monoisotopic (exact) mass is 358 g/mol. The molecule has 1 fully saturated rings. The van der Waals surface area contributed by atoms with Crippen LogP contribution in [0.3, 0.4) is 0 Å². The first kappa shape index (κ1) is 17.3. The highest BCUT2D eigenvalue weighted by atomic mass is 35.5. The predicted octanol–water partition coefficient (Wildman–Crippen LogP) is 3.51. The van der Waals surface area contributed by atoms with E-state index >= 15 is 0 Å². The minimum absolute atomic E-state index is 0.0490. The number of hydrogen-bond acceptors (Lipinski definition) is 3. The lowest BCUT2D eigenvalue weighted by Crippen LogP contribution is -2.30. The highest BCUT2D eigenvalue weighted by Crippen LogP contribution is 2.38. The van der Waals surface area contributed by atoms with Crippen LogP contribution in [0.15, 0.2) is 48.5 Å². The summed E-state index contributed by atoms with van der Waals surface area (Å²) in [6, 6.07) is 14.3. The molecule has 6 heteroatoms. The molecule has 0 radical (unpaired) electrons. The maximum atomic E-state index is 12.9. The summed E-state index contributed by atoms with van der Waals surface area (Å²) in [7, 11) is 3.26. The average molecular weight is 359 g/mol. The van der Waals surface area contributed by atoms with Crippen LogP contribution in [0.4, 0.5) is 5.69 Å². The molecule has 5 nitrogen and oxygen atoms in total. The first-order valence-electron chi connectivity index (χ1n) is 7.96. The van der Waals surface area contributed by atoms with Gasteiger partial charge in [-0.15, -0.1) is 0 Å². The molecule has 1 N–H and O–H groups in total. The number of carbonyl (C=O) groups is 2. The minimum atomic E-state index is -0.483. The summed E-state index contributed by atoms with van der Waals surface area (Å²) in [5.41, 5.74) is 1.43. The van der Waals surface area contributed by atoms with Gasteiger partial charge in [0.05, 0.1) is 24.8 Å². The molecular weight excluding hydrogens is 340 g/mol. The van der Waals surface area contributed by atoms with E-state index in [0.717, 1.165) is 5.56 Å². The number of nitrogens with one attached hydrogen (secondary N) is 1. The number of anilines is 1. The second-order valence-corrected chi connectivity index (χ2v) is 6.44. The van der Waals surface area contributed by atoms with Crippen LogP contribution in [-0.2, 0) is 9.59 Å². The maximum absolute atomic E-state index is 12.9. The van der Waals surface area contributed by atoms with Crippen LogP contribution < -0.4 is 10.1 Å². The van der Waals surface area contributed by atoms with Crippen molar-refractivity contribution >= 4 is 29.1 Å². The van der Waals surface area contributed by atoms with E-state index < -0.39 is 5.92 Å². The summed E-state index contributed by atoms with van der Waals surface area (Å²) >= 11 is 6.02. The lowest BCUT2D eigenvalue weighted by atomic mass is 9.93. The Balaban J connectivity index is 1.88. The molecule has 3 rings (SSSR count). The molecule has 0 spiro atoms. The zero-order valence-electron chi connectivity index (χ0n) is 14.0. The van der Waals surface area contributed by atoms with Gasteiger partial charge >= 0.3 is 0 Å². The second kappa shape index (κ2) is 7.15. The Morgan fingerprint density at radius 1 is 1.24 bits per heavy atom. The van der Waals surface area contributed by atoms with Crippen LogP contribution in [0, 0.1) is 5.92 Å². The summed E-state index contributed by atoms with van der Waals surface area (Å²) in [5, 5.41) is 3.35. The van der Waals surface area contributed by atoms with Gasteiger partial charge in [0.1, 0.15) is 5.75 Å². The van der Waals surface area contributed by atoms with E-state index in [0.29, 0.717) is 16.5 Å². The van der Waals surface area contributed by atoms with Crippen LogP contribution in [-0.4, -0.2) is 30.9 Å². The Hall–Kier alpha value is -2.53. The Kier molecular flexibility index (Phi) is 4.95. The number of amides is 2. The summed E-state index contributed by atoms with van der Waals surface area (Å²) < 4.78 is 5.27. The summed E-state index contributed by atoms with van der Waals surface area (Å²) in [6.07, 6.45) is 0.171. The minimum Gasteiger partial charge on any atom is -0.495 e. The van der Waals surface area contributed by atoms with E-state index in [2.05, 4.69) is 5.32 Å². The van der Waals surface area contributed by atoms with Gasteiger partial charge in [-0.2, -0.15) is 0 Å². The van der Waals surface area contributed by atoms with Crippen molar-refractivity contribution in [1.82, 2.24) is 4.90 Å². The van der Waals surface area contributed by atoms with Crippen LogP contribution >= 0.6 is 11.6 Å². The quantitative estimate of drug-likeness (QED) is 0.909. The highest BCUT2D eigenvalue weighted by molar-refractivity contribution is 6.31. The Morgan fingerprint density at radius 2 is 1.96 bits per heavy atom. The fourth-order valence-corrected chi connectivity index (χ4v) is 3.39. The van der Waals surface area contributed by atoms with Crippen LogP contribution in [0.1, 0.15) is 18.0 Å². The maximum Gasteiger partial charge on any atom is 0.230 e. The van der Waals surface area contributed by atoms with E-state index in [1.54, 1.807) is 30.1 Å². The molecule has 2 unspecified atom stereocenters. The molecular formula is C19H19ClN2O3. The van der Waals surface area contributed by atoms with Gasteiger partial charge in [-0.3, -0.25) is 9.59 Å². The molecule has 0 saturated carbocycles. The van der Waals surface area contributed by atoms with E-state index in [4.69, 9.17) is 16.3 Å². The van der Waals surface area contributed by atoms with Crippen LogP contribution in [0.25, 0.3) is 0 Å². The molecule has 2 aromatic carbocycles. The van der Waals surface area contributed by atoms with Gasteiger partial charge in [0.25, 0.3) is 0 Å². The third-order valence-corrected chi connectivity index (χ3v) is 4.72. The number of benzene rings is 2. The average Bonchev–Trinajstić information content (AvgIpc) is 2.91. The summed E-state index contributed by atoms with van der Waals surface area (Å²) in [5.74, 6) is -0.241. The molecule has 0 aliphatic carbocycles. The Labute approximate surface area is 151 Å². The molecule has 1 aliphatic heterocycles. The van der Waals surface area contributed by atoms with Gasteiger partial charge in [0.2, 0.25) is 11.8 Å². The molecule has 2 amide bonds. The molecule has 2 aromatic rings. The van der Waals surface area contributed by atoms with Gasteiger partial charge in [-0.05, 0) is 23.8 Å². The van der Waals surface area contributed by atoms with Crippen molar-refractivity contribution in [2.24, 2.45) is 5.92 Å². The largest absolute Gasteiger partial charge is 0.495 e. The van der Waals surface area contributed by atoms with Gasteiger partial charge in [0.15, 0.2) is 0 Å². The predicted molar refractivity (Wildman–Crippen MR) is 96.7 cm³/mol. The second-order valence-electron chi connectivity index (χ2n) is 6.00. The zero-order chi connectivity index (χ0) is 18.0. The molecule has 1 saturated heterocycles. The Bertz CT molecular complexity index is 795. The van der Waals surface area contributed by atoms with Gasteiger partial charge in [-0.1, -0.05) is 41.9 Å². The third kappa shape index (κ3) is 3.46. The smallest absolute Gasteiger partial charge is 0.230 e. The van der Waals surface area contributed by atoms with E-state index in [9.17, 15) is 9.59 Å². The van der Waals surface area contributed by atoms with Crippen LogP contribution in [0.5, 0.6) is 5.75 Å². The van der Waals surface area contributed by atoms with Crippen molar-refractivity contribution in [2.75, 3.05) is 19.5 Å². The van der Waals surface area contributed by atoms with Crippen molar-refractivity contribution in [1.29, 1.82) is 0 Å². The van der Waals surface area contributed by atoms with Crippen molar-refractivity contribution in [2.45, 2.75) is 12.5 Å². The molecule has 130 valence electrons. The first-order chi connectivity index (χ1) is 12.0. The van der Waals surface area contributed by atoms with Gasteiger partial charge < -0.3 is 15.0 Å². The van der Waals surface area contributed by atoms with Crippen molar-refractivity contribution in [3.8, 4) is 5.75 Å². The standard InChI is InChI=1S/C19H19ClN2O3/c1-22-17(23)11-14(18(22)12-6-4-3-5-7-12)19(24)21-15-10-13(20)8-9-16(15)25-2/h3-10,14,18H,11H2,1-2H3,(H,21,24). The highest BCUT2D eigenvalue weighted by Gasteiger charge is 2.42. The topological polar surface area (TPSA) is 58.6 Å². The summed E-state index contributed by atoms with van der Waals surface area (Å²) in [6.45, 7) is 0. The number of rotatable bonds is 4. The zero-order valence-corrected chi connectivity index (χ0v) is 14.8. The van der Waals surface area contributed by atoms with Crippen molar-refractivity contribution in [3.63, 3.8) is 0 Å². The van der Waals surface area contributed by atoms with Crippen molar-refractivity contribution < 1.29 is 14.3 Å². The molecule has 1 heterocycles. The lowest BCUT2D eigenvalue weighted by Gasteiger charge is -2.25. The molecule has 1 aliphatic rings. The molecule has 25 heavy (non-hydrogen) atoms. The number of carbonyl (C=O) groups excluding carboxylic acids is 2. The summed E-state index contributed by atoms with van der Waals surface area (Å²) in [4.78, 5) is 26.7. The first-order valence-corrected chi connectivity index (χ1v) is 8.34. The number of nitrogens with zero attached hydrogens (tertiary/aromatic N) is 1. The number of hydrogen-bond donors (Lipinski definition) is 1. The Morgan fingerprint density at radius 3 is 2.64 bits per heavy atom. The number of methoxy groups -OCH3 is 1. The molecule has 2 atom stereocenters. The van der Waals surface area contributed by atoms with Gasteiger partial charge in [0, 0.05) is 18.5 Å². The molecule has 0 bridgehead atoms. The van der Waals surface area contributed by atoms with Gasteiger partial charge in [-0.25, -0.2) is 0 Å². The number of halogens is 1. The van der Waals surface area contributed by atoms with Crippen molar-refractivity contribution in [3.05, 3.63) is 59.1 Å². The van der Waals surface area contributed by atoms with E-state index in [1.165, 1.54) is 7.11 Å². The fourth-order valence-electron chi connectivity index (χ4n) is 3.21. The van der Waals surface area contributed by atoms with E-state index in [-0.39, 0.29) is 24.3 Å². The van der Waals surface area contributed by atoms with E-state index in [1.807, 2.05) is 30.3 Å². The fraction of sp³-hybridized carbons (Fsp3) is 0.263. The SMILES string of the molecule is COc1ccc(Cl)cc1NC(=O)C1CC(=O)N(C)C1c1ccccc1. The normalized spacial score (nSPS) is 19.8. The third-order valence-electron chi connectivity index (χ3n) is 4.48. The number of ether oxygens (including phenoxy) is 1. The molecule has 0 aromatic heterocycles. The lowest BCUT2D eigenvalue weighted by molar-refractivity contribution is -0.127.